The van der Waals surface area contributed by atoms with Crippen molar-refractivity contribution in [2.24, 2.45) is 0 Å². The lowest BCUT2D eigenvalue weighted by molar-refractivity contribution is -0.112. The normalized spacial score (nSPS) is 12.8. The number of benzene rings is 1. The predicted molar refractivity (Wildman–Crippen MR) is 129 cm³/mol. The van der Waals surface area contributed by atoms with E-state index in [1.165, 1.54) is 0 Å². The SMILES string of the molecule is CNc1nccc(-c2cccnc2Oc2ccc(NC(=O)C3=CC=CCC3=S)cc2C)n1. The molecular weight excluding hydrogens is 422 g/mol. The summed E-state index contributed by atoms with van der Waals surface area (Å²) < 4.78 is 6.12. The molecular formula is C24H21N5O2S. The zero-order valence-electron chi connectivity index (χ0n) is 17.6. The molecule has 1 aromatic carbocycles. The maximum atomic E-state index is 12.6. The summed E-state index contributed by atoms with van der Waals surface area (Å²) in [4.78, 5) is 26.2. The number of allylic oxidation sites excluding steroid dienone is 3. The Morgan fingerprint density at radius 2 is 2.03 bits per heavy atom. The minimum Gasteiger partial charge on any atom is -0.438 e. The van der Waals surface area contributed by atoms with Crippen LogP contribution in [0.2, 0.25) is 0 Å². The fourth-order valence-corrected chi connectivity index (χ4v) is 3.44. The zero-order valence-corrected chi connectivity index (χ0v) is 18.4. The molecule has 160 valence electrons. The highest BCUT2D eigenvalue weighted by molar-refractivity contribution is 7.81. The molecule has 0 saturated heterocycles. The molecule has 8 heteroatoms. The summed E-state index contributed by atoms with van der Waals surface area (Å²) >= 11 is 5.29. The number of nitrogens with one attached hydrogen (secondary N) is 2. The molecule has 0 atom stereocenters. The molecule has 0 unspecified atom stereocenters. The second-order valence-electron chi connectivity index (χ2n) is 7.04. The van der Waals surface area contributed by atoms with Crippen LogP contribution >= 0.6 is 12.2 Å². The molecule has 0 bridgehead atoms. The van der Waals surface area contributed by atoms with E-state index in [0.29, 0.717) is 45.8 Å². The first-order chi connectivity index (χ1) is 15.5. The number of carbonyl (C=O) groups excluding carboxylic acids is 1. The van der Waals surface area contributed by atoms with Crippen LogP contribution in [0, 0.1) is 6.92 Å². The summed E-state index contributed by atoms with van der Waals surface area (Å²) in [6, 6.07) is 11.0. The van der Waals surface area contributed by atoms with Gasteiger partial charge in [0.15, 0.2) is 0 Å². The minimum absolute atomic E-state index is 0.219. The monoisotopic (exact) mass is 443 g/mol. The average Bonchev–Trinajstić information content (AvgIpc) is 2.81. The highest BCUT2D eigenvalue weighted by Gasteiger charge is 2.16. The molecule has 0 fully saturated rings. The van der Waals surface area contributed by atoms with Crippen LogP contribution in [0.4, 0.5) is 11.6 Å². The van der Waals surface area contributed by atoms with Crippen LogP contribution in [-0.4, -0.2) is 32.8 Å². The Morgan fingerprint density at radius 1 is 1.16 bits per heavy atom. The first-order valence-corrected chi connectivity index (χ1v) is 10.4. The van der Waals surface area contributed by atoms with Gasteiger partial charge in [-0.2, -0.15) is 0 Å². The Hall–Kier alpha value is -3.91. The number of nitrogens with zero attached hydrogens (tertiary/aromatic N) is 3. The predicted octanol–water partition coefficient (Wildman–Crippen LogP) is 4.88. The van der Waals surface area contributed by atoms with Gasteiger partial charge < -0.3 is 15.4 Å². The Balaban J connectivity index is 1.55. The quantitative estimate of drug-likeness (QED) is 0.525. The first kappa shape index (κ1) is 21.3. The van der Waals surface area contributed by atoms with Crippen molar-refractivity contribution < 1.29 is 9.53 Å². The van der Waals surface area contributed by atoms with E-state index in [1.807, 2.05) is 37.3 Å². The third kappa shape index (κ3) is 4.70. The van der Waals surface area contributed by atoms with Crippen LogP contribution in [0.1, 0.15) is 12.0 Å². The fraction of sp³-hybridized carbons (Fsp3) is 0.125. The van der Waals surface area contributed by atoms with Crippen LogP contribution < -0.4 is 15.4 Å². The van der Waals surface area contributed by atoms with Gasteiger partial charge in [-0.1, -0.05) is 24.4 Å². The lowest BCUT2D eigenvalue weighted by Gasteiger charge is -2.14. The van der Waals surface area contributed by atoms with Gasteiger partial charge in [-0.25, -0.2) is 15.0 Å². The van der Waals surface area contributed by atoms with Crippen molar-refractivity contribution >= 4 is 34.6 Å². The van der Waals surface area contributed by atoms with Crippen LogP contribution in [-0.2, 0) is 4.79 Å². The summed E-state index contributed by atoms with van der Waals surface area (Å²) in [6.45, 7) is 1.91. The maximum Gasteiger partial charge on any atom is 0.256 e. The van der Waals surface area contributed by atoms with Crippen molar-refractivity contribution in [2.45, 2.75) is 13.3 Å². The molecule has 1 amide bonds. The molecule has 7 nitrogen and oxygen atoms in total. The molecule has 1 aliphatic carbocycles. The van der Waals surface area contributed by atoms with E-state index in [4.69, 9.17) is 17.0 Å². The Morgan fingerprint density at radius 3 is 2.81 bits per heavy atom. The van der Waals surface area contributed by atoms with Gasteiger partial charge in [0.2, 0.25) is 11.8 Å². The van der Waals surface area contributed by atoms with Crippen LogP contribution in [0.3, 0.4) is 0 Å². The molecule has 3 aromatic rings. The van der Waals surface area contributed by atoms with Gasteiger partial charge in [-0.3, -0.25) is 4.79 Å². The zero-order chi connectivity index (χ0) is 22.5. The molecule has 2 aromatic heterocycles. The van der Waals surface area contributed by atoms with Gasteiger partial charge in [0.1, 0.15) is 5.75 Å². The van der Waals surface area contributed by atoms with E-state index >= 15 is 0 Å². The summed E-state index contributed by atoms with van der Waals surface area (Å²) in [5.41, 5.74) is 3.46. The minimum atomic E-state index is -0.219. The van der Waals surface area contributed by atoms with Crippen molar-refractivity contribution in [3.63, 3.8) is 0 Å². The summed E-state index contributed by atoms with van der Waals surface area (Å²) in [5, 5.41) is 5.83. The highest BCUT2D eigenvalue weighted by Crippen LogP contribution is 2.33. The Bertz CT molecular complexity index is 1250. The standard InChI is InChI=1S/C24H21N5O2S/c1-15-14-16(28-22(30)18-6-3-4-8-21(18)32)9-10-20(15)31-23-17(7-5-12-26-23)19-11-13-27-24(25-2)29-19/h3-7,9-14H,8H2,1-2H3,(H,28,30)(H,25,27,29). The van der Waals surface area contributed by atoms with E-state index in [0.717, 1.165) is 11.1 Å². The molecule has 0 aliphatic heterocycles. The number of hydrogen-bond donors (Lipinski definition) is 2. The van der Waals surface area contributed by atoms with E-state index in [1.54, 1.807) is 43.7 Å². The fourth-order valence-electron chi connectivity index (χ4n) is 3.19. The molecule has 2 N–H and O–H groups in total. The number of thiocarbonyl (C=S) groups is 1. The van der Waals surface area contributed by atoms with Gasteiger partial charge >= 0.3 is 0 Å². The number of rotatable bonds is 6. The second-order valence-corrected chi connectivity index (χ2v) is 7.54. The number of aryl methyl sites for hydroxylation is 1. The first-order valence-electron chi connectivity index (χ1n) is 10.0. The van der Waals surface area contributed by atoms with Gasteiger partial charge in [-0.15, -0.1) is 0 Å². The molecule has 0 spiro atoms. The van der Waals surface area contributed by atoms with Gasteiger partial charge in [0.05, 0.1) is 16.8 Å². The second kappa shape index (κ2) is 9.49. The van der Waals surface area contributed by atoms with Gasteiger partial charge in [0.25, 0.3) is 5.91 Å². The Labute approximate surface area is 191 Å². The number of pyridine rings is 1. The highest BCUT2D eigenvalue weighted by atomic mass is 32.1. The van der Waals surface area contributed by atoms with Gasteiger partial charge in [-0.05, 0) is 55.0 Å². The van der Waals surface area contributed by atoms with E-state index in [-0.39, 0.29) is 5.91 Å². The number of anilines is 2. The van der Waals surface area contributed by atoms with Crippen molar-refractivity contribution in [2.75, 3.05) is 17.7 Å². The van der Waals surface area contributed by atoms with Crippen LogP contribution in [0.25, 0.3) is 11.3 Å². The number of carbonyl (C=O) groups is 1. The largest absolute Gasteiger partial charge is 0.438 e. The summed E-state index contributed by atoms with van der Waals surface area (Å²) in [6.07, 6.45) is 9.46. The van der Waals surface area contributed by atoms with Crippen molar-refractivity contribution in [1.82, 2.24) is 15.0 Å². The van der Waals surface area contributed by atoms with Crippen LogP contribution in [0.5, 0.6) is 11.6 Å². The third-order valence-electron chi connectivity index (χ3n) is 4.81. The molecule has 1 aliphatic rings. The van der Waals surface area contributed by atoms with Crippen molar-refractivity contribution in [3.05, 3.63) is 78.2 Å². The maximum absolute atomic E-state index is 12.6. The lowest BCUT2D eigenvalue weighted by Crippen LogP contribution is -2.20. The summed E-state index contributed by atoms with van der Waals surface area (Å²) in [5.74, 6) is 1.35. The number of hydrogen-bond acceptors (Lipinski definition) is 7. The molecule has 0 radical (unpaired) electrons. The number of aromatic nitrogens is 3. The summed E-state index contributed by atoms with van der Waals surface area (Å²) in [7, 11) is 1.76. The van der Waals surface area contributed by atoms with E-state index in [2.05, 4.69) is 25.6 Å². The van der Waals surface area contributed by atoms with Crippen molar-refractivity contribution in [1.29, 1.82) is 0 Å². The molecule has 4 rings (SSSR count). The number of amides is 1. The Kier molecular flexibility index (Phi) is 6.32. The lowest BCUT2D eigenvalue weighted by atomic mass is 10.0. The molecule has 0 saturated carbocycles. The number of ether oxygens (including phenoxy) is 1. The van der Waals surface area contributed by atoms with Crippen LogP contribution in [0.15, 0.2) is 72.6 Å². The smallest absolute Gasteiger partial charge is 0.256 e. The molecule has 2 heterocycles. The van der Waals surface area contributed by atoms with Crippen molar-refractivity contribution in [3.8, 4) is 22.9 Å². The van der Waals surface area contributed by atoms with E-state index in [9.17, 15) is 4.79 Å². The topological polar surface area (TPSA) is 89.0 Å². The van der Waals surface area contributed by atoms with Gasteiger partial charge in [0, 0.05) is 36.4 Å². The van der Waals surface area contributed by atoms with E-state index < -0.39 is 0 Å². The average molecular weight is 444 g/mol. The molecule has 32 heavy (non-hydrogen) atoms. The third-order valence-corrected chi connectivity index (χ3v) is 5.20.